The fourth-order valence-electron chi connectivity index (χ4n) is 3.57. The number of halogens is 4. The van der Waals surface area contributed by atoms with Gasteiger partial charge in [0, 0.05) is 26.9 Å². The van der Waals surface area contributed by atoms with Crippen LogP contribution in [0.1, 0.15) is 43.2 Å². The lowest BCUT2D eigenvalue weighted by atomic mass is 9.80. The summed E-state index contributed by atoms with van der Waals surface area (Å²) in [5.74, 6) is -1.05. The van der Waals surface area contributed by atoms with Gasteiger partial charge in [0.1, 0.15) is 5.82 Å². The molecule has 1 aromatic carbocycles. The van der Waals surface area contributed by atoms with E-state index < -0.39 is 34.0 Å². The van der Waals surface area contributed by atoms with Crippen LogP contribution in [0.15, 0.2) is 18.2 Å². The van der Waals surface area contributed by atoms with Gasteiger partial charge in [-0.15, -0.1) is 0 Å². The van der Waals surface area contributed by atoms with E-state index >= 15 is 0 Å². The highest BCUT2D eigenvalue weighted by Gasteiger charge is 2.47. The van der Waals surface area contributed by atoms with Gasteiger partial charge in [0.05, 0.1) is 11.2 Å². The molecular formula is C15H16F4O2S. The number of benzene rings is 1. The molecule has 2 unspecified atom stereocenters. The monoisotopic (exact) mass is 336 g/mol. The first-order valence-electron chi connectivity index (χ1n) is 7.20. The molecule has 22 heavy (non-hydrogen) atoms. The van der Waals surface area contributed by atoms with Gasteiger partial charge >= 0.3 is 6.18 Å². The largest absolute Gasteiger partial charge is 0.416 e. The zero-order valence-electron chi connectivity index (χ0n) is 11.7. The summed E-state index contributed by atoms with van der Waals surface area (Å²) in [6.07, 6.45) is -2.02. The van der Waals surface area contributed by atoms with Crippen molar-refractivity contribution in [1.29, 1.82) is 0 Å². The van der Waals surface area contributed by atoms with Crippen molar-refractivity contribution in [3.8, 4) is 0 Å². The van der Waals surface area contributed by atoms with E-state index in [1.54, 1.807) is 0 Å². The molecule has 2 saturated heterocycles. The third-order valence-electron chi connectivity index (χ3n) is 4.64. The molecule has 1 N–H and O–H groups in total. The van der Waals surface area contributed by atoms with Gasteiger partial charge in [0.2, 0.25) is 0 Å². The molecule has 0 saturated carbocycles. The highest BCUT2D eigenvalue weighted by Crippen LogP contribution is 2.45. The van der Waals surface area contributed by atoms with Gasteiger partial charge in [0.25, 0.3) is 0 Å². The van der Waals surface area contributed by atoms with Crippen LogP contribution in [-0.2, 0) is 22.6 Å². The second kappa shape index (κ2) is 5.30. The third-order valence-corrected chi connectivity index (χ3v) is 6.76. The summed E-state index contributed by atoms with van der Waals surface area (Å²) in [4.78, 5) is 0. The molecule has 2 heterocycles. The first-order chi connectivity index (χ1) is 10.2. The minimum atomic E-state index is -4.62. The normalized spacial score (nSPS) is 35.4. The zero-order chi connectivity index (χ0) is 16.1. The summed E-state index contributed by atoms with van der Waals surface area (Å²) >= 11 is 0. The Hall–Kier alpha value is -0.950. The molecule has 3 rings (SSSR count). The lowest BCUT2D eigenvalue weighted by molar-refractivity contribution is -0.137. The molecule has 1 aromatic rings. The van der Waals surface area contributed by atoms with Crippen LogP contribution in [0.25, 0.3) is 0 Å². The van der Waals surface area contributed by atoms with Crippen molar-refractivity contribution in [1.82, 2.24) is 0 Å². The smallest absolute Gasteiger partial charge is 0.385 e. The molecule has 0 spiro atoms. The fraction of sp³-hybridized carbons (Fsp3) is 0.600. The molecule has 0 radical (unpaired) electrons. The number of rotatable bonds is 1. The fourth-order valence-corrected chi connectivity index (χ4v) is 5.79. The number of fused-ring (bicyclic) bond motifs is 2. The minimum Gasteiger partial charge on any atom is -0.385 e. The maximum Gasteiger partial charge on any atom is 0.416 e. The van der Waals surface area contributed by atoms with Crippen LogP contribution >= 0.6 is 0 Å². The molecule has 7 heteroatoms. The topological polar surface area (TPSA) is 37.3 Å². The van der Waals surface area contributed by atoms with Crippen molar-refractivity contribution >= 4 is 10.8 Å². The Kier molecular flexibility index (Phi) is 3.84. The van der Waals surface area contributed by atoms with Gasteiger partial charge in [-0.2, -0.15) is 13.2 Å². The van der Waals surface area contributed by atoms with Gasteiger partial charge < -0.3 is 5.11 Å². The van der Waals surface area contributed by atoms with Crippen molar-refractivity contribution < 1.29 is 26.9 Å². The van der Waals surface area contributed by atoms with E-state index in [1.807, 2.05) is 0 Å². The summed E-state index contributed by atoms with van der Waals surface area (Å²) in [5, 5.41) is 10.4. The molecule has 2 atom stereocenters. The maximum absolute atomic E-state index is 14.1. The lowest BCUT2D eigenvalue weighted by Crippen LogP contribution is -2.47. The SMILES string of the molecule is O=S1C2CCCC1CC(O)(c1ccc(C(F)(F)F)cc1F)C2. The Morgan fingerprint density at radius 1 is 1.18 bits per heavy atom. The Balaban J connectivity index is 1.95. The van der Waals surface area contributed by atoms with Crippen LogP contribution < -0.4 is 0 Å². The average molecular weight is 336 g/mol. The van der Waals surface area contributed by atoms with Crippen molar-refractivity contribution in [2.75, 3.05) is 0 Å². The average Bonchev–Trinajstić information content (AvgIpc) is 2.39. The predicted octanol–water partition coefficient (Wildman–Crippen LogP) is 3.50. The third kappa shape index (κ3) is 2.69. The van der Waals surface area contributed by atoms with Gasteiger partial charge in [-0.05, 0) is 37.8 Å². The number of alkyl halides is 3. The van der Waals surface area contributed by atoms with E-state index in [0.717, 1.165) is 18.6 Å². The zero-order valence-corrected chi connectivity index (χ0v) is 12.5. The molecule has 2 aliphatic heterocycles. The molecule has 0 aromatic heterocycles. The van der Waals surface area contributed by atoms with Crippen LogP contribution in [0.3, 0.4) is 0 Å². The number of hydrogen-bond donors (Lipinski definition) is 1. The van der Waals surface area contributed by atoms with Gasteiger partial charge in [-0.3, -0.25) is 4.21 Å². The molecule has 2 bridgehead atoms. The van der Waals surface area contributed by atoms with Crippen molar-refractivity contribution in [2.24, 2.45) is 0 Å². The maximum atomic E-state index is 14.1. The standard InChI is InChI=1S/C15H16F4O2S/c16-13-6-9(15(17,18)19)4-5-12(13)14(20)7-10-2-1-3-11(8-14)22(10)21/h4-6,10-11,20H,1-3,7-8H2. The van der Waals surface area contributed by atoms with Crippen LogP contribution in [0, 0.1) is 5.82 Å². The summed E-state index contributed by atoms with van der Waals surface area (Å²) in [7, 11) is -1.04. The Morgan fingerprint density at radius 2 is 1.77 bits per heavy atom. The quantitative estimate of drug-likeness (QED) is 0.797. The van der Waals surface area contributed by atoms with E-state index in [9.17, 15) is 26.9 Å². The van der Waals surface area contributed by atoms with Gasteiger partial charge in [-0.25, -0.2) is 4.39 Å². The molecule has 2 fully saturated rings. The first-order valence-corrected chi connectivity index (χ1v) is 8.47. The van der Waals surface area contributed by atoms with Crippen LogP contribution in [0.4, 0.5) is 17.6 Å². The van der Waals surface area contributed by atoms with Crippen molar-refractivity contribution in [3.05, 3.63) is 35.1 Å². The van der Waals surface area contributed by atoms with Crippen molar-refractivity contribution in [2.45, 2.75) is 54.4 Å². The summed E-state index contributed by atoms with van der Waals surface area (Å²) in [6, 6.07) is 2.23. The summed E-state index contributed by atoms with van der Waals surface area (Å²) in [6.45, 7) is 0. The second-order valence-corrected chi connectivity index (χ2v) is 8.13. The Bertz CT molecular complexity index is 598. The van der Waals surface area contributed by atoms with Crippen LogP contribution in [0.5, 0.6) is 0 Å². The minimum absolute atomic E-state index is 0.117. The van der Waals surface area contributed by atoms with Crippen molar-refractivity contribution in [3.63, 3.8) is 0 Å². The molecule has 122 valence electrons. The Labute approximate surface area is 128 Å². The van der Waals surface area contributed by atoms with Gasteiger partial charge in [0.15, 0.2) is 0 Å². The van der Waals surface area contributed by atoms with E-state index in [4.69, 9.17) is 0 Å². The van der Waals surface area contributed by atoms with E-state index in [-0.39, 0.29) is 28.9 Å². The van der Waals surface area contributed by atoms with E-state index in [1.165, 1.54) is 0 Å². The van der Waals surface area contributed by atoms with Crippen LogP contribution in [-0.4, -0.2) is 19.8 Å². The number of aliphatic hydroxyl groups is 1. The summed E-state index contributed by atoms with van der Waals surface area (Å²) < 4.78 is 64.1. The van der Waals surface area contributed by atoms with E-state index in [0.29, 0.717) is 18.9 Å². The lowest BCUT2D eigenvalue weighted by Gasteiger charge is -2.43. The first kappa shape index (κ1) is 15.9. The molecule has 2 aliphatic rings. The van der Waals surface area contributed by atoms with E-state index in [2.05, 4.69) is 0 Å². The molecular weight excluding hydrogens is 320 g/mol. The predicted molar refractivity (Wildman–Crippen MR) is 74.1 cm³/mol. The Morgan fingerprint density at radius 3 is 2.27 bits per heavy atom. The second-order valence-electron chi connectivity index (χ2n) is 6.14. The van der Waals surface area contributed by atoms with Gasteiger partial charge in [-0.1, -0.05) is 12.5 Å². The molecule has 0 amide bonds. The number of hydrogen-bond acceptors (Lipinski definition) is 2. The molecule has 0 aliphatic carbocycles. The van der Waals surface area contributed by atoms with Crippen LogP contribution in [0.2, 0.25) is 0 Å². The summed E-state index contributed by atoms with van der Waals surface area (Å²) in [5.41, 5.74) is -2.72. The highest BCUT2D eigenvalue weighted by atomic mass is 32.2. The molecule has 2 nitrogen and oxygen atoms in total. The highest BCUT2D eigenvalue weighted by molar-refractivity contribution is 7.86.